The second-order valence-corrected chi connectivity index (χ2v) is 6.92. The fourth-order valence-electron chi connectivity index (χ4n) is 2.21. The van der Waals surface area contributed by atoms with Crippen molar-refractivity contribution in [3.8, 4) is 0 Å². The Labute approximate surface area is 129 Å². The lowest BCUT2D eigenvalue weighted by Crippen LogP contribution is -2.45. The summed E-state index contributed by atoms with van der Waals surface area (Å²) >= 11 is 7.53. The molecule has 1 N–H and O–H groups in total. The Hall–Kier alpha value is -0.710. The smallest absolute Gasteiger partial charge is 0.232 e. The average Bonchev–Trinajstić information content (AvgIpc) is 2.38. The van der Waals surface area contributed by atoms with Gasteiger partial charge in [0.05, 0.1) is 11.4 Å². The molecule has 1 aromatic rings. The van der Waals surface area contributed by atoms with Crippen molar-refractivity contribution in [3.63, 3.8) is 0 Å². The molecule has 0 radical (unpaired) electrons. The van der Waals surface area contributed by atoms with Crippen LogP contribution in [0.2, 0.25) is 5.02 Å². The van der Waals surface area contributed by atoms with E-state index in [-0.39, 0.29) is 5.91 Å². The van der Waals surface area contributed by atoms with Crippen LogP contribution < -0.4 is 0 Å². The van der Waals surface area contributed by atoms with E-state index >= 15 is 0 Å². The maximum atomic E-state index is 12.1. The molecule has 2 rings (SSSR count). The summed E-state index contributed by atoms with van der Waals surface area (Å²) in [6.07, 6.45) is 1.33. The molecule has 1 aliphatic heterocycles. The van der Waals surface area contributed by atoms with Crippen molar-refractivity contribution in [3.05, 3.63) is 34.9 Å². The van der Waals surface area contributed by atoms with Gasteiger partial charge in [-0.25, -0.2) is 0 Å². The Morgan fingerprint density at radius 2 is 2.15 bits per heavy atom. The van der Waals surface area contributed by atoms with Crippen LogP contribution in [0.15, 0.2) is 24.3 Å². The molecule has 110 valence electrons. The molecule has 1 fully saturated rings. The summed E-state index contributed by atoms with van der Waals surface area (Å²) < 4.78 is 0. The van der Waals surface area contributed by atoms with Gasteiger partial charge in [-0.1, -0.05) is 23.7 Å². The normalized spacial score (nSPS) is 18.1. The van der Waals surface area contributed by atoms with Gasteiger partial charge in [0.2, 0.25) is 5.91 Å². The first-order valence-corrected chi connectivity index (χ1v) is 8.32. The number of nitrogens with zero attached hydrogens (tertiary/aromatic N) is 1. The van der Waals surface area contributed by atoms with Gasteiger partial charge in [0.25, 0.3) is 0 Å². The number of likely N-dealkylation sites (tertiary alicyclic amines) is 1. The summed E-state index contributed by atoms with van der Waals surface area (Å²) in [5.41, 5.74) is 0.530. The zero-order chi connectivity index (χ0) is 14.6. The predicted molar refractivity (Wildman–Crippen MR) is 84.1 cm³/mol. The maximum Gasteiger partial charge on any atom is 0.232 e. The van der Waals surface area contributed by atoms with Crippen molar-refractivity contribution in [2.75, 3.05) is 18.8 Å². The summed E-state index contributed by atoms with van der Waals surface area (Å²) in [5.74, 6) is 1.43. The van der Waals surface area contributed by atoms with Crippen LogP contribution in [-0.4, -0.2) is 40.4 Å². The van der Waals surface area contributed by atoms with Gasteiger partial charge < -0.3 is 10.0 Å². The van der Waals surface area contributed by atoms with E-state index in [1.165, 1.54) is 0 Å². The molecule has 3 nitrogen and oxygen atoms in total. The molecule has 0 unspecified atom stereocenters. The van der Waals surface area contributed by atoms with Gasteiger partial charge >= 0.3 is 0 Å². The molecule has 5 heteroatoms. The molecule has 0 aromatic heterocycles. The van der Waals surface area contributed by atoms with Crippen LogP contribution in [0.4, 0.5) is 0 Å². The molecule has 0 atom stereocenters. The van der Waals surface area contributed by atoms with Crippen molar-refractivity contribution in [2.45, 2.75) is 31.1 Å². The van der Waals surface area contributed by atoms with Crippen LogP contribution in [0.3, 0.4) is 0 Å². The highest BCUT2D eigenvalue weighted by Crippen LogP contribution is 2.22. The van der Waals surface area contributed by atoms with Crippen LogP contribution in [0.1, 0.15) is 25.3 Å². The fourth-order valence-corrected chi connectivity index (χ4v) is 3.30. The third kappa shape index (κ3) is 4.69. The van der Waals surface area contributed by atoms with Gasteiger partial charge in [-0.05, 0) is 37.5 Å². The van der Waals surface area contributed by atoms with Crippen molar-refractivity contribution < 1.29 is 9.90 Å². The molecule has 0 saturated carbocycles. The van der Waals surface area contributed by atoms with E-state index in [0.717, 1.165) is 16.3 Å². The van der Waals surface area contributed by atoms with E-state index in [2.05, 4.69) is 0 Å². The highest BCUT2D eigenvalue weighted by atomic mass is 35.5. The summed E-state index contributed by atoms with van der Waals surface area (Å²) in [7, 11) is 0. The number of benzene rings is 1. The lowest BCUT2D eigenvalue weighted by atomic mass is 9.94. The van der Waals surface area contributed by atoms with Crippen LogP contribution in [0, 0.1) is 0 Å². The van der Waals surface area contributed by atoms with Crippen molar-refractivity contribution in [1.29, 1.82) is 0 Å². The number of thioether (sulfide) groups is 1. The molecule has 1 heterocycles. The molecule has 0 spiro atoms. The van der Waals surface area contributed by atoms with E-state index in [4.69, 9.17) is 11.6 Å². The molecular weight excluding hydrogens is 294 g/mol. The molecule has 1 aliphatic rings. The Bertz CT molecular complexity index is 469. The molecule has 20 heavy (non-hydrogen) atoms. The van der Waals surface area contributed by atoms with Gasteiger partial charge in [0, 0.05) is 23.9 Å². The molecule has 1 saturated heterocycles. The number of rotatable bonds is 4. The van der Waals surface area contributed by atoms with Crippen molar-refractivity contribution in [2.24, 2.45) is 0 Å². The lowest BCUT2D eigenvalue weighted by Gasteiger charge is -2.35. The van der Waals surface area contributed by atoms with Crippen molar-refractivity contribution >= 4 is 29.3 Å². The van der Waals surface area contributed by atoms with Crippen molar-refractivity contribution in [1.82, 2.24) is 4.90 Å². The number of hydrogen-bond donors (Lipinski definition) is 1. The third-order valence-corrected chi connectivity index (χ3v) is 4.80. The summed E-state index contributed by atoms with van der Waals surface area (Å²) in [6, 6.07) is 7.71. The predicted octanol–water partition coefficient (Wildman–Crippen LogP) is 2.95. The molecular formula is C15H20ClNO2S. The van der Waals surface area contributed by atoms with Crippen LogP contribution >= 0.6 is 23.4 Å². The topological polar surface area (TPSA) is 40.5 Å². The largest absolute Gasteiger partial charge is 0.390 e. The van der Waals surface area contributed by atoms with E-state index in [9.17, 15) is 9.90 Å². The van der Waals surface area contributed by atoms with Crippen LogP contribution in [0.5, 0.6) is 0 Å². The quantitative estimate of drug-likeness (QED) is 0.929. The Balaban J connectivity index is 1.73. The highest BCUT2D eigenvalue weighted by Gasteiger charge is 2.29. The number of aliphatic hydroxyl groups is 1. The number of carbonyl (C=O) groups excluding carboxylic acids is 1. The number of amides is 1. The van der Waals surface area contributed by atoms with E-state index in [0.29, 0.717) is 31.7 Å². The first kappa shape index (κ1) is 15.7. The van der Waals surface area contributed by atoms with Gasteiger partial charge in [0.15, 0.2) is 0 Å². The molecule has 0 aliphatic carbocycles. The Kier molecular flexibility index (Phi) is 5.35. The maximum absolute atomic E-state index is 12.1. The number of hydrogen-bond acceptors (Lipinski definition) is 3. The fraction of sp³-hybridized carbons (Fsp3) is 0.533. The Morgan fingerprint density at radius 3 is 2.80 bits per heavy atom. The third-order valence-electron chi connectivity index (χ3n) is 3.58. The minimum atomic E-state index is -0.606. The zero-order valence-corrected chi connectivity index (χ0v) is 13.2. The minimum absolute atomic E-state index is 0.160. The molecule has 1 aromatic carbocycles. The average molecular weight is 314 g/mol. The molecule has 0 bridgehead atoms. The number of carbonyl (C=O) groups is 1. The second-order valence-electron chi connectivity index (χ2n) is 5.50. The standard InChI is InChI=1S/C15H20ClNO2S/c1-15(19)5-7-17(8-6-15)14(18)11-20-10-12-3-2-4-13(16)9-12/h2-4,9,19H,5-8,10-11H2,1H3. The van der Waals surface area contributed by atoms with Gasteiger partial charge in [-0.15, -0.1) is 11.8 Å². The van der Waals surface area contributed by atoms with Gasteiger partial charge in [-0.3, -0.25) is 4.79 Å². The lowest BCUT2D eigenvalue weighted by molar-refractivity contribution is -0.132. The minimum Gasteiger partial charge on any atom is -0.390 e. The summed E-state index contributed by atoms with van der Waals surface area (Å²) in [5, 5.41) is 10.6. The van der Waals surface area contributed by atoms with Gasteiger partial charge in [0.1, 0.15) is 0 Å². The number of halogens is 1. The summed E-state index contributed by atoms with van der Waals surface area (Å²) in [6.45, 7) is 3.15. The first-order valence-electron chi connectivity index (χ1n) is 6.79. The van der Waals surface area contributed by atoms with E-state index in [1.54, 1.807) is 11.8 Å². The number of piperidine rings is 1. The Morgan fingerprint density at radius 1 is 1.45 bits per heavy atom. The second kappa shape index (κ2) is 6.83. The van der Waals surface area contributed by atoms with E-state index in [1.807, 2.05) is 36.1 Å². The first-order chi connectivity index (χ1) is 9.46. The van der Waals surface area contributed by atoms with Crippen LogP contribution in [-0.2, 0) is 10.5 Å². The van der Waals surface area contributed by atoms with Crippen LogP contribution in [0.25, 0.3) is 0 Å². The summed E-state index contributed by atoms with van der Waals surface area (Å²) in [4.78, 5) is 13.9. The van der Waals surface area contributed by atoms with Gasteiger partial charge in [-0.2, -0.15) is 0 Å². The monoisotopic (exact) mass is 313 g/mol. The molecule has 1 amide bonds. The zero-order valence-electron chi connectivity index (χ0n) is 11.6. The highest BCUT2D eigenvalue weighted by molar-refractivity contribution is 7.99. The van der Waals surface area contributed by atoms with E-state index < -0.39 is 5.60 Å². The SMILES string of the molecule is CC1(O)CCN(C(=O)CSCc2cccc(Cl)c2)CC1.